The first-order chi connectivity index (χ1) is 14.9. The molecule has 0 aliphatic heterocycles. The summed E-state index contributed by atoms with van der Waals surface area (Å²) >= 11 is 1.41. The molecule has 0 spiro atoms. The summed E-state index contributed by atoms with van der Waals surface area (Å²) in [6, 6.07) is 11.7. The summed E-state index contributed by atoms with van der Waals surface area (Å²) in [4.78, 5) is 18.6. The van der Waals surface area contributed by atoms with Crippen molar-refractivity contribution >= 4 is 27.5 Å². The second-order valence-corrected chi connectivity index (χ2v) is 8.24. The largest absolute Gasteiger partial charge is 0.382 e. The molecule has 1 aromatic carbocycles. The highest BCUT2D eigenvalue weighted by molar-refractivity contribution is 7.21. The second kappa shape index (κ2) is 7.25. The fraction of sp³-hybridized carbons (Fsp3) is 0.190. The predicted molar refractivity (Wildman–Crippen MR) is 119 cm³/mol. The van der Waals surface area contributed by atoms with Crippen LogP contribution in [0.15, 0.2) is 42.7 Å². The average Bonchev–Trinajstić information content (AvgIpc) is 3.43. The lowest BCUT2D eigenvalue weighted by Crippen LogP contribution is -2.11. The third-order valence-electron chi connectivity index (χ3n) is 5.17. The molecule has 0 aliphatic rings. The van der Waals surface area contributed by atoms with E-state index in [0.29, 0.717) is 32.7 Å². The van der Waals surface area contributed by atoms with Crippen LogP contribution in [0, 0.1) is 6.92 Å². The van der Waals surface area contributed by atoms with Crippen molar-refractivity contribution in [3.8, 4) is 22.0 Å². The van der Waals surface area contributed by atoms with Crippen LogP contribution in [0.2, 0.25) is 0 Å². The molecule has 0 bridgehead atoms. The highest BCUT2D eigenvalue weighted by Gasteiger charge is 2.27. The molecule has 3 N–H and O–H groups in total. The number of nitrogens with two attached hydrogens (primary N) is 1. The van der Waals surface area contributed by atoms with E-state index in [1.54, 1.807) is 4.68 Å². The third-order valence-corrected chi connectivity index (χ3v) is 6.14. The van der Waals surface area contributed by atoms with Gasteiger partial charge in [0.25, 0.3) is 0 Å². The molecule has 4 aromatic heterocycles. The van der Waals surface area contributed by atoms with E-state index in [0.717, 1.165) is 22.6 Å². The Morgan fingerprint density at radius 2 is 1.87 bits per heavy atom. The number of nitrogen functional groups attached to an aromatic ring is 1. The lowest BCUT2D eigenvalue weighted by Gasteiger charge is -2.11. The van der Waals surface area contributed by atoms with Gasteiger partial charge in [-0.15, -0.1) is 0 Å². The first kappa shape index (κ1) is 19.3. The molecule has 0 fully saturated rings. The van der Waals surface area contributed by atoms with Gasteiger partial charge in [-0.2, -0.15) is 5.10 Å². The molecular formula is C21H20N8OS. The standard InChI is InChI=1S/C21H20N8OS/c1-11-9-13(29(3)27-11)17(30)19-25-14(12-7-5-4-6-8-12)16(28(19)2)21-26-15-18(22)23-10-24-20(15)31-21/h4-10,17,30H,1-3H3,(H2,22,23,24). The number of aliphatic hydroxyl groups excluding tert-OH is 1. The number of imidazole rings is 1. The van der Waals surface area contributed by atoms with E-state index in [-0.39, 0.29) is 0 Å². The van der Waals surface area contributed by atoms with Crippen molar-refractivity contribution in [3.63, 3.8) is 0 Å². The Morgan fingerprint density at radius 1 is 1.10 bits per heavy atom. The molecule has 156 valence electrons. The monoisotopic (exact) mass is 432 g/mol. The lowest BCUT2D eigenvalue weighted by molar-refractivity contribution is 0.196. The number of aromatic nitrogens is 7. The van der Waals surface area contributed by atoms with Gasteiger partial charge in [-0.25, -0.2) is 19.9 Å². The van der Waals surface area contributed by atoms with E-state index in [1.807, 2.05) is 62.0 Å². The summed E-state index contributed by atoms with van der Waals surface area (Å²) < 4.78 is 3.54. The van der Waals surface area contributed by atoms with Gasteiger partial charge in [-0.1, -0.05) is 41.7 Å². The number of hydrogen-bond acceptors (Lipinski definition) is 8. The van der Waals surface area contributed by atoms with Crippen LogP contribution in [0.25, 0.3) is 32.3 Å². The summed E-state index contributed by atoms with van der Waals surface area (Å²) in [7, 11) is 3.68. The minimum Gasteiger partial charge on any atom is -0.382 e. The van der Waals surface area contributed by atoms with Gasteiger partial charge in [-0.3, -0.25) is 4.68 Å². The Balaban J connectivity index is 1.74. The minimum atomic E-state index is -0.952. The molecule has 0 amide bonds. The molecule has 0 saturated heterocycles. The van der Waals surface area contributed by atoms with Crippen LogP contribution in [-0.2, 0) is 14.1 Å². The zero-order valence-electron chi connectivity index (χ0n) is 17.2. The van der Waals surface area contributed by atoms with Crippen molar-refractivity contribution < 1.29 is 5.11 Å². The van der Waals surface area contributed by atoms with Crippen molar-refractivity contribution in [2.24, 2.45) is 14.1 Å². The highest BCUT2D eigenvalue weighted by Crippen LogP contribution is 2.38. The fourth-order valence-corrected chi connectivity index (χ4v) is 4.69. The zero-order chi connectivity index (χ0) is 21.7. The SMILES string of the molecule is Cc1cc(C(O)c2nc(-c3ccccc3)c(-c3nc4c(N)ncnc4s3)n2C)n(C)n1. The van der Waals surface area contributed by atoms with Crippen molar-refractivity contribution in [3.05, 3.63) is 59.9 Å². The molecule has 9 nitrogen and oxygen atoms in total. The van der Waals surface area contributed by atoms with E-state index < -0.39 is 6.10 Å². The van der Waals surface area contributed by atoms with Crippen LogP contribution < -0.4 is 5.73 Å². The van der Waals surface area contributed by atoms with Gasteiger partial charge in [0.1, 0.15) is 33.2 Å². The Kier molecular flexibility index (Phi) is 4.53. The maximum absolute atomic E-state index is 11.2. The van der Waals surface area contributed by atoms with Gasteiger partial charge < -0.3 is 15.4 Å². The second-order valence-electron chi connectivity index (χ2n) is 7.26. The normalized spacial score (nSPS) is 12.5. The van der Waals surface area contributed by atoms with Crippen molar-refractivity contribution in [2.75, 3.05) is 5.73 Å². The van der Waals surface area contributed by atoms with Gasteiger partial charge in [-0.05, 0) is 13.0 Å². The topological polar surface area (TPSA) is 121 Å². The summed E-state index contributed by atoms with van der Waals surface area (Å²) in [6.07, 6.45) is 0.479. The number of fused-ring (bicyclic) bond motifs is 1. The molecular weight excluding hydrogens is 412 g/mol. The number of rotatable bonds is 4. The van der Waals surface area contributed by atoms with Crippen LogP contribution in [-0.4, -0.2) is 39.4 Å². The predicted octanol–water partition coefficient (Wildman–Crippen LogP) is 2.86. The lowest BCUT2D eigenvalue weighted by atomic mass is 10.1. The molecule has 0 saturated carbocycles. The van der Waals surface area contributed by atoms with E-state index >= 15 is 0 Å². The van der Waals surface area contributed by atoms with Crippen LogP contribution in [0.5, 0.6) is 0 Å². The Labute approximate surface area is 181 Å². The summed E-state index contributed by atoms with van der Waals surface area (Å²) in [6.45, 7) is 1.89. The van der Waals surface area contributed by atoms with Crippen LogP contribution >= 0.6 is 11.3 Å². The van der Waals surface area contributed by atoms with Crippen LogP contribution in [0.1, 0.15) is 23.3 Å². The Bertz CT molecular complexity index is 1400. The molecule has 1 atom stereocenters. The molecule has 0 aliphatic carbocycles. The molecule has 10 heteroatoms. The van der Waals surface area contributed by atoms with Gasteiger partial charge in [0.2, 0.25) is 0 Å². The fourth-order valence-electron chi connectivity index (χ4n) is 3.69. The van der Waals surface area contributed by atoms with E-state index in [2.05, 4.69) is 15.1 Å². The number of hydrogen-bond donors (Lipinski definition) is 2. The number of nitrogens with zero attached hydrogens (tertiary/aromatic N) is 7. The van der Waals surface area contributed by atoms with Crippen molar-refractivity contribution in [1.82, 2.24) is 34.3 Å². The van der Waals surface area contributed by atoms with Crippen molar-refractivity contribution in [1.29, 1.82) is 0 Å². The molecule has 31 heavy (non-hydrogen) atoms. The quantitative estimate of drug-likeness (QED) is 0.448. The van der Waals surface area contributed by atoms with Gasteiger partial charge >= 0.3 is 0 Å². The van der Waals surface area contributed by atoms with Gasteiger partial charge in [0, 0.05) is 19.7 Å². The van der Waals surface area contributed by atoms with Gasteiger partial charge in [0.15, 0.2) is 11.9 Å². The molecule has 4 heterocycles. The van der Waals surface area contributed by atoms with Crippen molar-refractivity contribution in [2.45, 2.75) is 13.0 Å². The Morgan fingerprint density at radius 3 is 2.55 bits per heavy atom. The molecule has 1 unspecified atom stereocenters. The highest BCUT2D eigenvalue weighted by atomic mass is 32.1. The maximum Gasteiger partial charge on any atom is 0.154 e. The van der Waals surface area contributed by atoms with Crippen LogP contribution in [0.3, 0.4) is 0 Å². The van der Waals surface area contributed by atoms with Gasteiger partial charge in [0.05, 0.1) is 17.1 Å². The molecule has 5 rings (SSSR count). The number of thiazole rings is 1. The first-order valence-corrected chi connectivity index (χ1v) is 10.4. The molecule has 5 aromatic rings. The minimum absolute atomic E-state index is 0.335. The number of aryl methyl sites for hydroxylation is 2. The number of anilines is 1. The summed E-state index contributed by atoms with van der Waals surface area (Å²) in [5, 5.41) is 16.2. The first-order valence-electron chi connectivity index (χ1n) is 9.62. The molecule has 0 radical (unpaired) electrons. The average molecular weight is 433 g/mol. The number of aliphatic hydroxyl groups is 1. The van der Waals surface area contributed by atoms with E-state index in [9.17, 15) is 5.11 Å². The van der Waals surface area contributed by atoms with E-state index in [4.69, 9.17) is 15.7 Å². The van der Waals surface area contributed by atoms with E-state index in [1.165, 1.54) is 17.7 Å². The maximum atomic E-state index is 11.2. The summed E-state index contributed by atoms with van der Waals surface area (Å²) in [5.41, 5.74) is 10.5. The van der Waals surface area contributed by atoms with Crippen LogP contribution in [0.4, 0.5) is 5.82 Å². The smallest absolute Gasteiger partial charge is 0.154 e. The third kappa shape index (κ3) is 3.16. The zero-order valence-corrected chi connectivity index (χ0v) is 18.0. The Hall–Kier alpha value is -3.63. The number of benzene rings is 1. The summed E-state index contributed by atoms with van der Waals surface area (Å²) in [5.74, 6) is 0.830.